The van der Waals surface area contributed by atoms with Crippen LogP contribution in [0.4, 0.5) is 25.1 Å². The van der Waals surface area contributed by atoms with Crippen molar-refractivity contribution in [3.8, 4) is 0 Å². The van der Waals surface area contributed by atoms with Gasteiger partial charge in [-0.2, -0.15) is 5.10 Å². The zero-order valence-electron chi connectivity index (χ0n) is 30.4. The van der Waals surface area contributed by atoms with E-state index in [4.69, 9.17) is 14.3 Å². The first-order valence-electron chi connectivity index (χ1n) is 17.3. The van der Waals surface area contributed by atoms with E-state index in [9.17, 15) is 13.6 Å². The molecule has 1 amide bonds. The molecule has 0 saturated heterocycles. The van der Waals surface area contributed by atoms with Crippen LogP contribution >= 0.6 is 0 Å². The maximum absolute atomic E-state index is 14.1. The Morgan fingerprint density at radius 3 is 2.28 bits per heavy atom. The number of ether oxygens (including phenoxy) is 1. The van der Waals surface area contributed by atoms with Gasteiger partial charge in [-0.15, -0.1) is 0 Å². The fourth-order valence-electron chi connectivity index (χ4n) is 7.49. The minimum Gasteiger partial charge on any atom is -0.444 e. The lowest BCUT2D eigenvalue weighted by Gasteiger charge is -2.70. The zero-order valence-corrected chi connectivity index (χ0v) is 31.4. The lowest BCUT2D eigenvalue weighted by Crippen LogP contribution is -2.74. The fraction of sp³-hybridized carbons (Fsp3) is 0.750. The second-order valence-electron chi connectivity index (χ2n) is 18.2. The van der Waals surface area contributed by atoms with Gasteiger partial charge in [0.25, 0.3) is 6.43 Å². The molecular weight excluding hydrogens is 617 g/mol. The summed E-state index contributed by atoms with van der Waals surface area (Å²) in [6.45, 7) is 23.3. The van der Waals surface area contributed by atoms with Gasteiger partial charge < -0.3 is 19.8 Å². The number of alkyl halides is 2. The SMILES string of the molecule is CC(C)(C)OC(=O)NC12CC(CCc3cc(Nc4cc([C@H]5CC[C@@H](O[Si](C)(C)C(C)(C)C)C5)nn4C(C)(C)C)cc(C(F)F)n3)(C1)C2. The van der Waals surface area contributed by atoms with E-state index in [2.05, 4.69) is 76.3 Å². The normalized spacial score (nSPS) is 26.2. The van der Waals surface area contributed by atoms with Crippen LogP contribution in [0.1, 0.15) is 137 Å². The third-order valence-corrected chi connectivity index (χ3v) is 15.2. The number of halogens is 2. The van der Waals surface area contributed by atoms with Crippen LogP contribution in [0.15, 0.2) is 18.2 Å². The average molecular weight is 674 g/mol. The molecule has 4 saturated carbocycles. The Labute approximate surface area is 281 Å². The number of hydrogen-bond donors (Lipinski definition) is 2. The monoisotopic (exact) mass is 673 g/mol. The number of amides is 1. The van der Waals surface area contributed by atoms with Crippen molar-refractivity contribution in [2.24, 2.45) is 5.41 Å². The minimum absolute atomic E-state index is 0.123. The number of alkyl carbamates (subject to hydrolysis) is 1. The van der Waals surface area contributed by atoms with Crippen molar-refractivity contribution in [1.29, 1.82) is 0 Å². The van der Waals surface area contributed by atoms with E-state index >= 15 is 0 Å². The van der Waals surface area contributed by atoms with Crippen molar-refractivity contribution in [2.75, 3.05) is 5.32 Å². The third kappa shape index (κ3) is 8.03. The standard InChI is InChI=1S/C36H57F2N5O3Si/c1-32(2,3)43-29(19-27(42-43)23-12-13-26(16-23)46-47(10,11)34(7,8)9)40-25-17-24(39-28(18-25)30(37)38)14-15-35-20-36(21-35,22-35)41-31(44)45-33(4,5)6/h17-19,23,26,30H,12-16,20-22H2,1-11H3,(H,39,40)(H,41,44)/t23-,26+,35?,36?/m0/s1. The summed E-state index contributed by atoms with van der Waals surface area (Å²) in [6, 6.07) is 5.43. The molecule has 2 aromatic rings. The number of rotatable bonds is 10. The number of carbonyl (C=O) groups is 1. The largest absolute Gasteiger partial charge is 0.444 e. The molecule has 2 heterocycles. The summed E-state index contributed by atoms with van der Waals surface area (Å²) in [7, 11) is -1.87. The summed E-state index contributed by atoms with van der Waals surface area (Å²) in [4.78, 5) is 16.6. The molecular formula is C36H57F2N5O3Si. The quantitative estimate of drug-likeness (QED) is 0.244. The molecule has 4 aliphatic rings. The number of carbonyl (C=O) groups excluding carboxylic acids is 1. The van der Waals surface area contributed by atoms with Gasteiger partial charge in [-0.25, -0.2) is 18.3 Å². The maximum Gasteiger partial charge on any atom is 0.408 e. The van der Waals surface area contributed by atoms with Crippen LogP contribution in [0.2, 0.25) is 18.1 Å². The zero-order chi connectivity index (χ0) is 34.8. The van der Waals surface area contributed by atoms with Crippen LogP contribution in [-0.2, 0) is 21.1 Å². The van der Waals surface area contributed by atoms with Crippen molar-refractivity contribution < 1.29 is 22.7 Å². The van der Waals surface area contributed by atoms with Crippen molar-refractivity contribution in [3.05, 3.63) is 35.3 Å². The molecule has 47 heavy (non-hydrogen) atoms. The first-order valence-corrected chi connectivity index (χ1v) is 20.2. The van der Waals surface area contributed by atoms with Crippen molar-refractivity contribution in [1.82, 2.24) is 20.1 Å². The Morgan fingerprint density at radius 1 is 1.04 bits per heavy atom. The van der Waals surface area contributed by atoms with E-state index < -0.39 is 20.3 Å². The third-order valence-electron chi connectivity index (χ3n) is 10.6. The molecule has 6 rings (SSSR count). The Bertz CT molecular complexity index is 1450. The molecule has 262 valence electrons. The number of pyridine rings is 1. The molecule has 2 atom stereocenters. The summed E-state index contributed by atoms with van der Waals surface area (Å²) in [5.74, 6) is 1.08. The Hall–Kier alpha value is -2.53. The molecule has 0 aliphatic heterocycles. The number of aromatic nitrogens is 3. The fourth-order valence-corrected chi connectivity index (χ4v) is 8.89. The second-order valence-corrected chi connectivity index (χ2v) is 22.9. The molecule has 0 radical (unpaired) electrons. The predicted octanol–water partition coefficient (Wildman–Crippen LogP) is 9.75. The molecule has 2 bridgehead atoms. The van der Waals surface area contributed by atoms with Gasteiger partial charge in [0.05, 0.1) is 11.2 Å². The van der Waals surface area contributed by atoms with E-state index in [-0.39, 0.29) is 39.4 Å². The number of anilines is 2. The highest BCUT2D eigenvalue weighted by Gasteiger charge is 2.68. The van der Waals surface area contributed by atoms with Crippen LogP contribution < -0.4 is 10.6 Å². The van der Waals surface area contributed by atoms with E-state index in [1.807, 2.05) is 31.5 Å². The molecule has 8 nitrogen and oxygen atoms in total. The highest BCUT2D eigenvalue weighted by molar-refractivity contribution is 6.74. The first-order chi connectivity index (χ1) is 21.5. The van der Waals surface area contributed by atoms with Gasteiger partial charge in [0.1, 0.15) is 17.1 Å². The summed E-state index contributed by atoms with van der Waals surface area (Å²) in [5, 5.41) is 11.7. The number of nitrogens with zero attached hydrogens (tertiary/aromatic N) is 3. The van der Waals surface area contributed by atoms with E-state index in [1.165, 1.54) is 6.07 Å². The second kappa shape index (κ2) is 12.1. The van der Waals surface area contributed by atoms with Crippen molar-refractivity contribution in [2.45, 2.75) is 167 Å². The van der Waals surface area contributed by atoms with Crippen LogP contribution in [0.5, 0.6) is 0 Å². The van der Waals surface area contributed by atoms with Gasteiger partial charge in [0.2, 0.25) is 0 Å². The van der Waals surface area contributed by atoms with Gasteiger partial charge in [0, 0.05) is 35.0 Å². The van der Waals surface area contributed by atoms with Crippen molar-refractivity contribution >= 4 is 25.9 Å². The maximum atomic E-state index is 14.1. The van der Waals surface area contributed by atoms with Gasteiger partial charge >= 0.3 is 6.09 Å². The predicted molar refractivity (Wildman–Crippen MR) is 185 cm³/mol. The van der Waals surface area contributed by atoms with Gasteiger partial charge in [-0.3, -0.25) is 4.98 Å². The average Bonchev–Trinajstić information content (AvgIpc) is 3.49. The van der Waals surface area contributed by atoms with Crippen molar-refractivity contribution in [3.63, 3.8) is 0 Å². The number of aryl methyl sites for hydroxylation is 1. The minimum atomic E-state index is -2.67. The summed E-state index contributed by atoms with van der Waals surface area (Å²) < 4.78 is 42.3. The van der Waals surface area contributed by atoms with Crippen LogP contribution in [-0.4, -0.2) is 46.4 Å². The Morgan fingerprint density at radius 2 is 1.70 bits per heavy atom. The van der Waals surface area contributed by atoms with Gasteiger partial charge in [-0.05, 0) is 129 Å². The molecule has 0 spiro atoms. The number of hydrogen-bond acceptors (Lipinski definition) is 6. The molecule has 11 heteroatoms. The highest BCUT2D eigenvalue weighted by Crippen LogP contribution is 2.69. The smallest absolute Gasteiger partial charge is 0.408 e. The van der Waals surface area contributed by atoms with E-state index in [0.29, 0.717) is 23.7 Å². The first kappa shape index (κ1) is 35.8. The van der Waals surface area contributed by atoms with E-state index in [0.717, 1.165) is 56.5 Å². The van der Waals surface area contributed by atoms with Crippen LogP contribution in [0.3, 0.4) is 0 Å². The lowest BCUT2D eigenvalue weighted by molar-refractivity contribution is -0.155. The Kier molecular flexibility index (Phi) is 9.21. The highest BCUT2D eigenvalue weighted by atomic mass is 28.4. The molecule has 0 unspecified atom stereocenters. The van der Waals surface area contributed by atoms with Gasteiger partial charge in [-0.1, -0.05) is 20.8 Å². The molecule has 2 aromatic heterocycles. The number of nitrogens with one attached hydrogen (secondary N) is 2. The van der Waals surface area contributed by atoms with Crippen LogP contribution in [0, 0.1) is 5.41 Å². The topological polar surface area (TPSA) is 90.3 Å². The Balaban J connectivity index is 1.26. The van der Waals surface area contributed by atoms with Gasteiger partial charge in [0.15, 0.2) is 8.32 Å². The summed E-state index contributed by atoms with van der Waals surface area (Å²) >= 11 is 0. The summed E-state index contributed by atoms with van der Waals surface area (Å²) in [6.07, 6.45) is 4.26. The molecule has 4 fully saturated rings. The van der Waals surface area contributed by atoms with E-state index in [1.54, 1.807) is 0 Å². The molecule has 0 aromatic carbocycles. The summed E-state index contributed by atoms with van der Waals surface area (Å²) in [5.41, 5.74) is 1.11. The molecule has 2 N–H and O–H groups in total. The molecule has 4 aliphatic carbocycles. The lowest BCUT2D eigenvalue weighted by atomic mass is 9.38. The van der Waals surface area contributed by atoms with Crippen LogP contribution in [0.25, 0.3) is 0 Å².